The van der Waals surface area contributed by atoms with E-state index >= 15 is 0 Å². The lowest BCUT2D eigenvalue weighted by Gasteiger charge is -2.31. The van der Waals surface area contributed by atoms with Crippen molar-refractivity contribution in [3.63, 3.8) is 0 Å². The smallest absolute Gasteiger partial charge is 0.329 e. The number of aliphatic hydroxyl groups is 1. The quantitative estimate of drug-likeness (QED) is 0.551. The highest BCUT2D eigenvalue weighted by Crippen LogP contribution is 2.28. The first kappa shape index (κ1) is 24.1. The van der Waals surface area contributed by atoms with Crippen LogP contribution in [0.25, 0.3) is 11.2 Å². The Morgan fingerprint density at radius 1 is 1.24 bits per heavy atom. The molecule has 0 saturated carbocycles. The van der Waals surface area contributed by atoms with Crippen molar-refractivity contribution in [2.75, 3.05) is 24.6 Å². The fourth-order valence-electron chi connectivity index (χ4n) is 4.54. The van der Waals surface area contributed by atoms with Gasteiger partial charge in [-0.3, -0.25) is 14.3 Å². The summed E-state index contributed by atoms with van der Waals surface area (Å²) in [5, 5.41) is 10.9. The number of ether oxygens (including phenoxy) is 1. The number of aryl methyl sites for hydroxylation is 2. The molecule has 1 fully saturated rings. The normalized spacial score (nSPS) is 15.9. The van der Waals surface area contributed by atoms with Gasteiger partial charge in [-0.05, 0) is 48.8 Å². The molecule has 1 atom stereocenters. The number of nitrogens with zero attached hydrogens (tertiary/aromatic N) is 4. The number of aliphatic hydroxyl groups excluding tert-OH is 1. The van der Waals surface area contributed by atoms with Gasteiger partial charge in [0.15, 0.2) is 11.2 Å². The van der Waals surface area contributed by atoms with Gasteiger partial charge in [0.2, 0.25) is 5.95 Å². The minimum atomic E-state index is -0.878. The number of nitrogens with one attached hydrogen (secondary N) is 1. The number of rotatable bonds is 7. The van der Waals surface area contributed by atoms with Crippen LogP contribution in [0.3, 0.4) is 0 Å². The molecule has 0 aliphatic carbocycles. The second kappa shape index (κ2) is 9.66. The second-order valence-corrected chi connectivity index (χ2v) is 9.84. The molecule has 1 aliphatic heterocycles. The molecule has 2 N–H and O–H groups in total. The predicted molar refractivity (Wildman–Crippen MR) is 133 cm³/mol. The number of hydrogen-bond acceptors (Lipinski definition) is 6. The third-order valence-electron chi connectivity index (χ3n) is 6.67. The highest BCUT2D eigenvalue weighted by Gasteiger charge is 2.26. The molecule has 3 heterocycles. The summed E-state index contributed by atoms with van der Waals surface area (Å²) < 4.78 is 9.11. The van der Waals surface area contributed by atoms with Gasteiger partial charge in [0, 0.05) is 20.1 Å². The minimum absolute atomic E-state index is 0.0724. The molecule has 3 aromatic rings. The zero-order chi connectivity index (χ0) is 24.6. The van der Waals surface area contributed by atoms with Crippen molar-refractivity contribution in [3.8, 4) is 5.75 Å². The molecule has 2 aromatic heterocycles. The van der Waals surface area contributed by atoms with Gasteiger partial charge in [-0.25, -0.2) is 4.79 Å². The lowest BCUT2D eigenvalue weighted by Crippen LogP contribution is -2.36. The zero-order valence-corrected chi connectivity index (χ0v) is 20.7. The Balaban J connectivity index is 1.65. The predicted octanol–water partition coefficient (Wildman–Crippen LogP) is 2.53. The molecule has 9 heteroatoms. The Bertz CT molecular complexity index is 1280. The number of H-pyrrole nitrogens is 1. The Hall–Kier alpha value is -3.07. The summed E-state index contributed by atoms with van der Waals surface area (Å²) >= 11 is 0. The number of fused-ring (bicyclic) bond motifs is 1. The number of aromatic amines is 1. The van der Waals surface area contributed by atoms with Crippen LogP contribution in [0.5, 0.6) is 5.75 Å². The summed E-state index contributed by atoms with van der Waals surface area (Å²) in [6.45, 7) is 10.3. The number of anilines is 1. The van der Waals surface area contributed by atoms with Crippen molar-refractivity contribution in [3.05, 3.63) is 50.2 Å². The van der Waals surface area contributed by atoms with Gasteiger partial charge >= 0.3 is 5.69 Å². The number of benzene rings is 1. The molecule has 0 amide bonds. The molecule has 184 valence electrons. The topological polar surface area (TPSA) is 105 Å². The molecule has 1 saturated heterocycles. The SMILES string of the molecule is Cc1ccc(C(C)C)c(OC[C@@H](O)Cn2c(N3CCC(C)CC3)nc3c2c(=O)[nH]c(=O)n3C)c1. The van der Waals surface area contributed by atoms with Gasteiger partial charge < -0.3 is 19.3 Å². The van der Waals surface area contributed by atoms with Crippen LogP contribution in [0.2, 0.25) is 0 Å². The van der Waals surface area contributed by atoms with Crippen molar-refractivity contribution < 1.29 is 9.84 Å². The first-order valence-corrected chi connectivity index (χ1v) is 12.0. The van der Waals surface area contributed by atoms with E-state index in [9.17, 15) is 14.7 Å². The summed E-state index contributed by atoms with van der Waals surface area (Å²) in [6.07, 6.45) is 1.17. The molecule has 1 aromatic carbocycles. The van der Waals surface area contributed by atoms with Gasteiger partial charge in [0.25, 0.3) is 5.56 Å². The lowest BCUT2D eigenvalue weighted by atomic mass is 10.00. The summed E-state index contributed by atoms with van der Waals surface area (Å²) in [4.78, 5) is 34.1. The molecule has 9 nitrogen and oxygen atoms in total. The van der Waals surface area contributed by atoms with E-state index < -0.39 is 17.4 Å². The molecule has 4 rings (SSSR count). The van der Waals surface area contributed by atoms with E-state index in [0.29, 0.717) is 23.4 Å². The van der Waals surface area contributed by atoms with Crippen molar-refractivity contribution >= 4 is 17.1 Å². The second-order valence-electron chi connectivity index (χ2n) is 9.84. The van der Waals surface area contributed by atoms with E-state index in [2.05, 4.69) is 47.8 Å². The standard InChI is InChI=1S/C25H35N5O4/c1-15(2)19-7-6-17(4)12-20(19)34-14-18(31)13-30-21-22(28(5)25(33)27-23(21)32)26-24(30)29-10-8-16(3)9-11-29/h6-7,12,15-16,18,31H,8-11,13-14H2,1-5H3,(H,27,32,33)/t18-/m0/s1. The number of imidazole rings is 1. The van der Waals surface area contributed by atoms with Crippen molar-refractivity contribution in [1.82, 2.24) is 19.1 Å². The van der Waals surface area contributed by atoms with Crippen LogP contribution in [0.15, 0.2) is 27.8 Å². The summed E-state index contributed by atoms with van der Waals surface area (Å²) in [5.41, 5.74) is 1.76. The molecule has 34 heavy (non-hydrogen) atoms. The van der Waals surface area contributed by atoms with Crippen LogP contribution in [0, 0.1) is 12.8 Å². The van der Waals surface area contributed by atoms with Gasteiger partial charge in [0.05, 0.1) is 6.54 Å². The molecule has 0 spiro atoms. The lowest BCUT2D eigenvalue weighted by molar-refractivity contribution is 0.0929. The highest BCUT2D eigenvalue weighted by atomic mass is 16.5. The van der Waals surface area contributed by atoms with E-state index in [1.54, 1.807) is 11.6 Å². The van der Waals surface area contributed by atoms with Crippen LogP contribution in [-0.2, 0) is 13.6 Å². The fourth-order valence-corrected chi connectivity index (χ4v) is 4.54. The first-order chi connectivity index (χ1) is 16.2. The average molecular weight is 470 g/mol. The number of hydrogen-bond donors (Lipinski definition) is 2. The molecular weight excluding hydrogens is 434 g/mol. The molecule has 0 unspecified atom stereocenters. The first-order valence-electron chi connectivity index (χ1n) is 12.0. The van der Waals surface area contributed by atoms with Crippen LogP contribution in [0.1, 0.15) is 50.7 Å². The third kappa shape index (κ3) is 4.75. The Morgan fingerprint density at radius 2 is 1.94 bits per heavy atom. The van der Waals surface area contributed by atoms with Gasteiger partial charge in [0.1, 0.15) is 18.5 Å². The summed E-state index contributed by atoms with van der Waals surface area (Å²) in [5.74, 6) is 2.28. The van der Waals surface area contributed by atoms with E-state index in [1.165, 1.54) is 4.57 Å². The largest absolute Gasteiger partial charge is 0.491 e. The maximum atomic E-state index is 12.8. The van der Waals surface area contributed by atoms with Crippen LogP contribution in [-0.4, -0.2) is 50.0 Å². The van der Waals surface area contributed by atoms with E-state index in [0.717, 1.165) is 42.8 Å². The van der Waals surface area contributed by atoms with Gasteiger partial charge in [-0.15, -0.1) is 0 Å². The van der Waals surface area contributed by atoms with Gasteiger partial charge in [-0.2, -0.15) is 4.98 Å². The summed E-state index contributed by atoms with van der Waals surface area (Å²) in [6, 6.07) is 6.09. The van der Waals surface area contributed by atoms with E-state index in [4.69, 9.17) is 4.74 Å². The van der Waals surface area contributed by atoms with Crippen molar-refractivity contribution in [2.24, 2.45) is 13.0 Å². The Labute approximate surface area is 199 Å². The van der Waals surface area contributed by atoms with Gasteiger partial charge in [-0.1, -0.05) is 32.9 Å². The average Bonchev–Trinajstić information content (AvgIpc) is 3.16. The number of piperidine rings is 1. The molecule has 0 bridgehead atoms. The molecule has 1 aliphatic rings. The highest BCUT2D eigenvalue weighted by molar-refractivity contribution is 5.74. The van der Waals surface area contributed by atoms with Crippen LogP contribution < -0.4 is 20.9 Å². The number of aromatic nitrogens is 4. The third-order valence-corrected chi connectivity index (χ3v) is 6.67. The van der Waals surface area contributed by atoms with Crippen molar-refractivity contribution in [1.29, 1.82) is 0 Å². The minimum Gasteiger partial charge on any atom is -0.491 e. The van der Waals surface area contributed by atoms with Crippen LogP contribution >= 0.6 is 0 Å². The fraction of sp³-hybridized carbons (Fsp3) is 0.560. The van der Waals surface area contributed by atoms with E-state index in [1.807, 2.05) is 13.0 Å². The maximum absolute atomic E-state index is 12.8. The zero-order valence-electron chi connectivity index (χ0n) is 20.7. The van der Waals surface area contributed by atoms with Crippen LogP contribution in [0.4, 0.5) is 5.95 Å². The molecule has 0 radical (unpaired) electrons. The molecular formula is C25H35N5O4. The summed E-state index contributed by atoms with van der Waals surface area (Å²) in [7, 11) is 1.59. The Kier molecular flexibility index (Phi) is 6.84. The maximum Gasteiger partial charge on any atom is 0.329 e. The van der Waals surface area contributed by atoms with Crippen molar-refractivity contribution in [2.45, 2.75) is 59.1 Å². The monoisotopic (exact) mass is 469 g/mol. The van der Waals surface area contributed by atoms with E-state index in [-0.39, 0.29) is 18.7 Å². The Morgan fingerprint density at radius 3 is 2.62 bits per heavy atom.